The molecule has 0 spiro atoms. The number of carbonyl (C=O) groups is 1. The molecule has 80 valence electrons. The highest BCUT2D eigenvalue weighted by molar-refractivity contribution is 5.75. The van der Waals surface area contributed by atoms with Gasteiger partial charge in [-0.3, -0.25) is 9.78 Å². The Kier molecular flexibility index (Phi) is 2.71. The topological polar surface area (TPSA) is 50.2 Å². The molecule has 0 aliphatic heterocycles. The fourth-order valence-corrected chi connectivity index (χ4v) is 2.10. The zero-order valence-corrected chi connectivity index (χ0v) is 8.65. The van der Waals surface area contributed by atoms with Crippen molar-refractivity contribution in [3.63, 3.8) is 0 Å². The molecule has 0 atom stereocenters. The summed E-state index contributed by atoms with van der Waals surface area (Å²) in [6.45, 7) is 0. The molecule has 1 fully saturated rings. The van der Waals surface area contributed by atoms with Crippen LogP contribution in [-0.2, 0) is 11.2 Å². The van der Waals surface area contributed by atoms with Gasteiger partial charge in [-0.15, -0.1) is 0 Å². The Morgan fingerprint density at radius 2 is 2.33 bits per heavy atom. The monoisotopic (exact) mass is 205 g/mol. The number of nitrogens with zero attached hydrogens (tertiary/aromatic N) is 1. The fraction of sp³-hybridized carbons (Fsp3) is 0.500. The van der Waals surface area contributed by atoms with Crippen molar-refractivity contribution in [1.29, 1.82) is 0 Å². The molecule has 1 heterocycles. The molecule has 3 heteroatoms. The van der Waals surface area contributed by atoms with Crippen molar-refractivity contribution in [1.82, 2.24) is 4.98 Å². The first-order valence-electron chi connectivity index (χ1n) is 5.35. The highest BCUT2D eigenvalue weighted by Crippen LogP contribution is 2.44. The summed E-state index contributed by atoms with van der Waals surface area (Å²) in [6, 6.07) is 3.89. The molecule has 1 aliphatic rings. The van der Waals surface area contributed by atoms with Crippen LogP contribution in [0.2, 0.25) is 0 Å². The lowest BCUT2D eigenvalue weighted by molar-refractivity contribution is -0.155. The Hall–Kier alpha value is -1.38. The van der Waals surface area contributed by atoms with Crippen LogP contribution in [0.25, 0.3) is 0 Å². The predicted molar refractivity (Wildman–Crippen MR) is 56.5 cm³/mol. The smallest absolute Gasteiger partial charge is 0.309 e. The first-order valence-corrected chi connectivity index (χ1v) is 5.35. The number of pyridine rings is 1. The van der Waals surface area contributed by atoms with Gasteiger partial charge in [0.25, 0.3) is 0 Å². The van der Waals surface area contributed by atoms with E-state index in [0.717, 1.165) is 37.7 Å². The highest BCUT2D eigenvalue weighted by Gasteiger charge is 2.43. The van der Waals surface area contributed by atoms with Crippen LogP contribution in [0.15, 0.2) is 24.5 Å². The van der Waals surface area contributed by atoms with Gasteiger partial charge in [-0.25, -0.2) is 0 Å². The minimum absolute atomic E-state index is 0.435. The maximum atomic E-state index is 11.1. The van der Waals surface area contributed by atoms with E-state index < -0.39 is 11.4 Å². The molecule has 1 aromatic rings. The second kappa shape index (κ2) is 4.01. The summed E-state index contributed by atoms with van der Waals surface area (Å²) < 4.78 is 0. The van der Waals surface area contributed by atoms with Crippen LogP contribution in [-0.4, -0.2) is 16.1 Å². The number of hydrogen-bond donors (Lipinski definition) is 1. The molecule has 3 nitrogen and oxygen atoms in total. The average Bonchev–Trinajstić information content (AvgIpc) is 2.17. The van der Waals surface area contributed by atoms with Gasteiger partial charge in [-0.1, -0.05) is 12.5 Å². The Morgan fingerprint density at radius 1 is 1.53 bits per heavy atom. The summed E-state index contributed by atoms with van der Waals surface area (Å²) in [7, 11) is 0. The van der Waals surface area contributed by atoms with Gasteiger partial charge >= 0.3 is 5.97 Å². The molecular formula is C12H15NO2. The van der Waals surface area contributed by atoms with E-state index in [1.165, 1.54) is 0 Å². The molecule has 0 bridgehead atoms. The molecule has 1 aromatic heterocycles. The summed E-state index contributed by atoms with van der Waals surface area (Å²) in [6.07, 6.45) is 7.84. The minimum Gasteiger partial charge on any atom is -0.481 e. The maximum absolute atomic E-state index is 11.1. The number of rotatable bonds is 4. The van der Waals surface area contributed by atoms with Crippen molar-refractivity contribution >= 4 is 5.97 Å². The minimum atomic E-state index is -0.627. The van der Waals surface area contributed by atoms with Crippen LogP contribution in [0.4, 0.5) is 0 Å². The summed E-state index contributed by atoms with van der Waals surface area (Å²) in [5.74, 6) is -0.627. The Bertz CT molecular complexity index is 344. The number of aliphatic carboxylic acids is 1. The van der Waals surface area contributed by atoms with Gasteiger partial charge in [0.05, 0.1) is 5.41 Å². The largest absolute Gasteiger partial charge is 0.481 e. The highest BCUT2D eigenvalue weighted by atomic mass is 16.4. The van der Waals surface area contributed by atoms with Gasteiger partial charge in [-0.05, 0) is 37.3 Å². The van der Waals surface area contributed by atoms with Crippen molar-refractivity contribution in [3.05, 3.63) is 30.1 Å². The molecular weight excluding hydrogens is 190 g/mol. The van der Waals surface area contributed by atoms with E-state index in [-0.39, 0.29) is 0 Å². The predicted octanol–water partition coefficient (Wildman–Crippen LogP) is 2.27. The third-order valence-electron chi connectivity index (χ3n) is 3.38. The zero-order chi connectivity index (χ0) is 10.7. The molecule has 1 saturated carbocycles. The van der Waals surface area contributed by atoms with E-state index >= 15 is 0 Å². The second-order valence-electron chi connectivity index (χ2n) is 4.30. The number of carboxylic acids is 1. The van der Waals surface area contributed by atoms with Gasteiger partial charge in [0.15, 0.2) is 0 Å². The number of hydrogen-bond acceptors (Lipinski definition) is 2. The Balaban J connectivity index is 1.95. The molecule has 0 amide bonds. The van der Waals surface area contributed by atoms with Crippen molar-refractivity contribution in [2.45, 2.75) is 32.1 Å². The molecule has 1 N–H and O–H groups in total. The lowest BCUT2D eigenvalue weighted by atomic mass is 9.66. The van der Waals surface area contributed by atoms with E-state index in [9.17, 15) is 4.79 Å². The van der Waals surface area contributed by atoms with E-state index in [0.29, 0.717) is 0 Å². The van der Waals surface area contributed by atoms with Crippen molar-refractivity contribution in [2.75, 3.05) is 0 Å². The van der Waals surface area contributed by atoms with Crippen molar-refractivity contribution < 1.29 is 9.90 Å². The number of aromatic nitrogens is 1. The fourth-order valence-electron chi connectivity index (χ4n) is 2.10. The van der Waals surface area contributed by atoms with Gasteiger partial charge in [-0.2, -0.15) is 0 Å². The SMILES string of the molecule is O=C(O)C1(CCc2cccnc2)CCC1. The standard InChI is InChI=1S/C12H15NO2/c14-11(15)12(5-2-6-12)7-4-10-3-1-8-13-9-10/h1,3,8-9H,2,4-7H2,(H,14,15). The summed E-state index contributed by atoms with van der Waals surface area (Å²) >= 11 is 0. The maximum Gasteiger partial charge on any atom is 0.309 e. The van der Waals surface area contributed by atoms with Gasteiger partial charge < -0.3 is 5.11 Å². The third-order valence-corrected chi connectivity index (χ3v) is 3.38. The first-order chi connectivity index (χ1) is 7.23. The van der Waals surface area contributed by atoms with E-state index in [2.05, 4.69) is 4.98 Å². The molecule has 0 aromatic carbocycles. The Morgan fingerprint density at radius 3 is 2.80 bits per heavy atom. The zero-order valence-electron chi connectivity index (χ0n) is 8.65. The van der Waals surface area contributed by atoms with Crippen LogP contribution in [0.1, 0.15) is 31.2 Å². The third kappa shape index (κ3) is 2.01. The van der Waals surface area contributed by atoms with Crippen LogP contribution in [0.5, 0.6) is 0 Å². The summed E-state index contributed by atoms with van der Waals surface area (Å²) in [5.41, 5.74) is 0.695. The van der Waals surface area contributed by atoms with Crippen LogP contribution >= 0.6 is 0 Å². The van der Waals surface area contributed by atoms with Crippen molar-refractivity contribution in [2.24, 2.45) is 5.41 Å². The first kappa shape index (κ1) is 10.1. The molecule has 1 aliphatic carbocycles. The summed E-state index contributed by atoms with van der Waals surface area (Å²) in [4.78, 5) is 15.1. The van der Waals surface area contributed by atoms with Crippen molar-refractivity contribution in [3.8, 4) is 0 Å². The van der Waals surface area contributed by atoms with E-state index in [1.54, 1.807) is 6.20 Å². The molecule has 15 heavy (non-hydrogen) atoms. The summed E-state index contributed by atoms with van der Waals surface area (Å²) in [5, 5.41) is 9.15. The lowest BCUT2D eigenvalue weighted by Crippen LogP contribution is -2.38. The normalized spacial score (nSPS) is 18.1. The van der Waals surface area contributed by atoms with Crippen LogP contribution in [0, 0.1) is 5.41 Å². The molecule has 0 radical (unpaired) electrons. The average molecular weight is 205 g/mol. The number of carboxylic acid groups (broad SMARTS) is 1. The quantitative estimate of drug-likeness (QED) is 0.820. The van der Waals surface area contributed by atoms with E-state index in [1.807, 2.05) is 18.3 Å². The lowest BCUT2D eigenvalue weighted by Gasteiger charge is -2.37. The van der Waals surface area contributed by atoms with Crippen LogP contribution < -0.4 is 0 Å². The Labute approximate surface area is 89.2 Å². The van der Waals surface area contributed by atoms with E-state index in [4.69, 9.17) is 5.11 Å². The van der Waals surface area contributed by atoms with Gasteiger partial charge in [0, 0.05) is 12.4 Å². The van der Waals surface area contributed by atoms with Gasteiger partial charge in [0.2, 0.25) is 0 Å². The van der Waals surface area contributed by atoms with Gasteiger partial charge in [0.1, 0.15) is 0 Å². The van der Waals surface area contributed by atoms with Crippen LogP contribution in [0.3, 0.4) is 0 Å². The number of aryl methyl sites for hydroxylation is 1. The molecule has 0 unspecified atom stereocenters. The molecule has 0 saturated heterocycles. The second-order valence-corrected chi connectivity index (χ2v) is 4.30. The molecule has 2 rings (SSSR count).